The molecule has 50 heavy (non-hydrogen) atoms. The van der Waals surface area contributed by atoms with Crippen LogP contribution in [0.3, 0.4) is 0 Å². The monoisotopic (exact) mass is 636 g/mol. The lowest BCUT2D eigenvalue weighted by Crippen LogP contribution is -1.98. The van der Waals surface area contributed by atoms with Crippen LogP contribution in [0.15, 0.2) is 194 Å². The van der Waals surface area contributed by atoms with Crippen LogP contribution in [0, 0.1) is 0 Å². The fourth-order valence-corrected chi connectivity index (χ4v) is 7.81. The number of nitrogens with zero attached hydrogens (tertiary/aromatic N) is 2. The molecule has 10 aromatic rings. The minimum Gasteiger partial charge on any atom is -0.309 e. The number of rotatable bonds is 5. The van der Waals surface area contributed by atoms with Crippen LogP contribution in [-0.4, -0.2) is 9.13 Å². The summed E-state index contributed by atoms with van der Waals surface area (Å²) >= 11 is 0. The van der Waals surface area contributed by atoms with Crippen molar-refractivity contribution in [1.82, 2.24) is 9.13 Å². The van der Waals surface area contributed by atoms with Gasteiger partial charge in [0.05, 0.1) is 27.8 Å². The summed E-state index contributed by atoms with van der Waals surface area (Å²) < 4.78 is 4.89. The predicted octanol–water partition coefficient (Wildman–Crippen LogP) is 12.9. The van der Waals surface area contributed by atoms with E-state index in [0.29, 0.717) is 0 Å². The van der Waals surface area contributed by atoms with Gasteiger partial charge in [0.25, 0.3) is 0 Å². The molecule has 2 heteroatoms. The van der Waals surface area contributed by atoms with Crippen molar-refractivity contribution in [3.05, 3.63) is 194 Å². The maximum Gasteiger partial charge on any atom is 0.0562 e. The van der Waals surface area contributed by atoms with E-state index in [2.05, 4.69) is 203 Å². The highest BCUT2D eigenvalue weighted by molar-refractivity contribution is 6.19. The molecule has 10 rings (SSSR count). The van der Waals surface area contributed by atoms with Gasteiger partial charge in [-0.15, -0.1) is 0 Å². The Morgan fingerprint density at radius 1 is 0.260 bits per heavy atom. The van der Waals surface area contributed by atoms with Crippen LogP contribution in [0.1, 0.15) is 0 Å². The van der Waals surface area contributed by atoms with E-state index in [1.807, 2.05) is 0 Å². The number of para-hydroxylation sites is 3. The Morgan fingerprint density at radius 3 is 1.46 bits per heavy atom. The van der Waals surface area contributed by atoms with Gasteiger partial charge in [-0.25, -0.2) is 0 Å². The molecule has 2 aromatic heterocycles. The van der Waals surface area contributed by atoms with Crippen LogP contribution in [0.5, 0.6) is 0 Å². The van der Waals surface area contributed by atoms with E-state index in [1.54, 1.807) is 0 Å². The molecule has 0 unspecified atom stereocenters. The molecule has 0 aliphatic heterocycles. The van der Waals surface area contributed by atoms with Crippen molar-refractivity contribution in [3.63, 3.8) is 0 Å². The van der Waals surface area contributed by atoms with Crippen molar-refractivity contribution < 1.29 is 0 Å². The number of hydrogen-bond acceptors (Lipinski definition) is 0. The third-order valence-electron chi connectivity index (χ3n) is 10.1. The van der Waals surface area contributed by atoms with Crippen LogP contribution in [0.25, 0.3) is 88.4 Å². The van der Waals surface area contributed by atoms with Gasteiger partial charge in [0.2, 0.25) is 0 Å². The standard InChI is InChI=1S/C48H32N2/c1-3-14-33(15-4-1)35-26-28-38(29-27-35)49-45-24-11-8-21-40(45)42-31-43-41-22-9-12-25-46(41)50(48(43)32-47(42)49)44-23-10-7-20-39(44)37-19-13-18-36(30-37)34-16-5-2-6-17-34/h1-32H. The van der Waals surface area contributed by atoms with Gasteiger partial charge in [-0.3, -0.25) is 0 Å². The summed E-state index contributed by atoms with van der Waals surface area (Å²) in [5, 5.41) is 5.02. The molecule has 0 aliphatic carbocycles. The van der Waals surface area contributed by atoms with Crippen molar-refractivity contribution in [1.29, 1.82) is 0 Å². The topological polar surface area (TPSA) is 9.86 Å². The van der Waals surface area contributed by atoms with Crippen molar-refractivity contribution in [3.8, 4) is 44.8 Å². The summed E-state index contributed by atoms with van der Waals surface area (Å²) in [5.74, 6) is 0. The molecule has 0 N–H and O–H groups in total. The molecule has 0 saturated heterocycles. The number of hydrogen-bond donors (Lipinski definition) is 0. The zero-order valence-electron chi connectivity index (χ0n) is 27.4. The average molecular weight is 637 g/mol. The third-order valence-corrected chi connectivity index (χ3v) is 10.1. The van der Waals surface area contributed by atoms with E-state index in [-0.39, 0.29) is 0 Å². The van der Waals surface area contributed by atoms with Gasteiger partial charge >= 0.3 is 0 Å². The second-order valence-electron chi connectivity index (χ2n) is 13.0. The Morgan fingerprint density at radius 2 is 0.760 bits per heavy atom. The summed E-state index contributed by atoms with van der Waals surface area (Å²) in [7, 11) is 0. The lowest BCUT2D eigenvalue weighted by molar-refractivity contribution is 1.17. The Balaban J connectivity index is 1.23. The van der Waals surface area contributed by atoms with Crippen LogP contribution in [0.4, 0.5) is 0 Å². The summed E-state index contributed by atoms with van der Waals surface area (Å²) in [4.78, 5) is 0. The van der Waals surface area contributed by atoms with Gasteiger partial charge in [-0.1, -0.05) is 146 Å². The molecule has 8 aromatic carbocycles. The SMILES string of the molecule is c1ccc(-c2ccc(-n3c4ccccc4c4cc5c6ccccc6n(-c6ccccc6-c6cccc(-c7ccccc7)c6)c5cc43)cc2)cc1. The van der Waals surface area contributed by atoms with Gasteiger partial charge in [0.15, 0.2) is 0 Å². The highest BCUT2D eigenvalue weighted by Gasteiger charge is 2.20. The molecule has 0 spiro atoms. The zero-order valence-corrected chi connectivity index (χ0v) is 27.4. The maximum absolute atomic E-state index is 2.47. The Labute approximate surface area is 290 Å². The molecule has 2 heterocycles. The van der Waals surface area contributed by atoms with E-state index in [4.69, 9.17) is 0 Å². The van der Waals surface area contributed by atoms with Crippen molar-refractivity contribution in [2.75, 3.05) is 0 Å². The average Bonchev–Trinajstić information content (AvgIpc) is 3.70. The van der Waals surface area contributed by atoms with Crippen molar-refractivity contribution in [2.24, 2.45) is 0 Å². The van der Waals surface area contributed by atoms with Gasteiger partial charge in [0, 0.05) is 32.8 Å². The Bertz CT molecular complexity index is 2840. The summed E-state index contributed by atoms with van der Waals surface area (Å²) in [6.07, 6.45) is 0. The summed E-state index contributed by atoms with van der Waals surface area (Å²) in [6, 6.07) is 70.4. The normalized spacial score (nSPS) is 11.6. The zero-order chi connectivity index (χ0) is 33.0. The molecule has 0 aliphatic rings. The molecule has 0 atom stereocenters. The molecule has 0 bridgehead atoms. The van der Waals surface area contributed by atoms with Gasteiger partial charge in [-0.2, -0.15) is 0 Å². The molecule has 0 radical (unpaired) electrons. The highest BCUT2D eigenvalue weighted by atomic mass is 15.0. The fraction of sp³-hybridized carbons (Fsp3) is 0. The minimum absolute atomic E-state index is 1.15. The van der Waals surface area contributed by atoms with E-state index in [9.17, 15) is 0 Å². The highest BCUT2D eigenvalue weighted by Crippen LogP contribution is 2.41. The fourth-order valence-electron chi connectivity index (χ4n) is 7.81. The Hall–Kier alpha value is -6.64. The summed E-state index contributed by atoms with van der Waals surface area (Å²) in [6.45, 7) is 0. The predicted molar refractivity (Wildman–Crippen MR) is 211 cm³/mol. The molecule has 234 valence electrons. The lowest BCUT2D eigenvalue weighted by Gasteiger charge is -2.15. The second kappa shape index (κ2) is 11.5. The van der Waals surface area contributed by atoms with Crippen molar-refractivity contribution >= 4 is 43.6 Å². The van der Waals surface area contributed by atoms with Gasteiger partial charge in [-0.05, 0) is 76.3 Å². The maximum atomic E-state index is 2.47. The summed E-state index contributed by atoms with van der Waals surface area (Å²) in [5.41, 5.74) is 14.4. The first-order valence-electron chi connectivity index (χ1n) is 17.2. The second-order valence-corrected chi connectivity index (χ2v) is 13.0. The first kappa shape index (κ1) is 28.4. The van der Waals surface area contributed by atoms with Crippen LogP contribution in [-0.2, 0) is 0 Å². The van der Waals surface area contributed by atoms with Crippen LogP contribution < -0.4 is 0 Å². The number of fused-ring (bicyclic) bond motifs is 6. The Kier molecular flexibility index (Phi) is 6.53. The van der Waals surface area contributed by atoms with Crippen LogP contribution >= 0.6 is 0 Å². The molecule has 0 amide bonds. The van der Waals surface area contributed by atoms with Crippen molar-refractivity contribution in [2.45, 2.75) is 0 Å². The van der Waals surface area contributed by atoms with Crippen LogP contribution in [0.2, 0.25) is 0 Å². The number of benzene rings is 8. The van der Waals surface area contributed by atoms with E-state index in [1.165, 1.54) is 77.0 Å². The number of aromatic nitrogens is 2. The first-order chi connectivity index (χ1) is 24.8. The minimum atomic E-state index is 1.15. The largest absolute Gasteiger partial charge is 0.309 e. The van der Waals surface area contributed by atoms with E-state index >= 15 is 0 Å². The van der Waals surface area contributed by atoms with Gasteiger partial charge in [0.1, 0.15) is 0 Å². The molecule has 0 fully saturated rings. The molecule has 0 saturated carbocycles. The molecular formula is C48H32N2. The third kappa shape index (κ3) is 4.50. The quantitative estimate of drug-likeness (QED) is 0.178. The lowest BCUT2D eigenvalue weighted by atomic mass is 9.98. The first-order valence-corrected chi connectivity index (χ1v) is 17.2. The van der Waals surface area contributed by atoms with E-state index in [0.717, 1.165) is 11.4 Å². The smallest absolute Gasteiger partial charge is 0.0562 e. The molecule has 2 nitrogen and oxygen atoms in total. The van der Waals surface area contributed by atoms with E-state index < -0.39 is 0 Å². The molecular weight excluding hydrogens is 605 g/mol. The van der Waals surface area contributed by atoms with Gasteiger partial charge < -0.3 is 9.13 Å².